The molecule has 0 fully saturated rings. The Hall–Kier alpha value is -1.77. The standard InChI is InChI=1S/C15H19NO2/c1-3-18-15(17)13-5-4-10-16(11-13)14-8-6-12(2)7-9-14/h6-9,11H,3-5,10H2,1-2H3. The van der Waals surface area contributed by atoms with Crippen molar-refractivity contribution in [3.05, 3.63) is 41.6 Å². The van der Waals surface area contributed by atoms with E-state index in [1.165, 1.54) is 5.56 Å². The van der Waals surface area contributed by atoms with E-state index in [9.17, 15) is 4.79 Å². The molecule has 0 radical (unpaired) electrons. The lowest BCUT2D eigenvalue weighted by molar-refractivity contribution is -0.138. The van der Waals surface area contributed by atoms with E-state index in [-0.39, 0.29) is 5.97 Å². The fraction of sp³-hybridized carbons (Fsp3) is 0.400. The smallest absolute Gasteiger partial charge is 0.335 e. The summed E-state index contributed by atoms with van der Waals surface area (Å²) >= 11 is 0. The molecule has 0 spiro atoms. The van der Waals surface area contributed by atoms with Crippen LogP contribution in [0.5, 0.6) is 0 Å². The SMILES string of the molecule is CCOC(=O)C1=CN(c2ccc(C)cc2)CCC1. The van der Waals surface area contributed by atoms with E-state index >= 15 is 0 Å². The molecule has 0 bridgehead atoms. The lowest BCUT2D eigenvalue weighted by Gasteiger charge is -2.26. The molecule has 96 valence electrons. The van der Waals surface area contributed by atoms with Crippen LogP contribution < -0.4 is 4.90 Å². The monoisotopic (exact) mass is 245 g/mol. The fourth-order valence-corrected chi connectivity index (χ4v) is 2.08. The van der Waals surface area contributed by atoms with Gasteiger partial charge >= 0.3 is 5.97 Å². The summed E-state index contributed by atoms with van der Waals surface area (Å²) in [6.07, 6.45) is 3.71. The van der Waals surface area contributed by atoms with Gasteiger partial charge in [0, 0.05) is 18.4 Å². The van der Waals surface area contributed by atoms with Crippen LogP contribution in [0.25, 0.3) is 0 Å². The zero-order chi connectivity index (χ0) is 13.0. The maximum Gasteiger partial charge on any atom is 0.335 e. The van der Waals surface area contributed by atoms with Gasteiger partial charge in [-0.15, -0.1) is 0 Å². The number of aryl methyl sites for hydroxylation is 1. The second-order valence-electron chi connectivity index (χ2n) is 4.51. The summed E-state index contributed by atoms with van der Waals surface area (Å²) in [7, 11) is 0. The van der Waals surface area contributed by atoms with Gasteiger partial charge in [-0.05, 0) is 38.8 Å². The molecule has 0 amide bonds. The van der Waals surface area contributed by atoms with Crippen LogP contribution in [0.1, 0.15) is 25.3 Å². The van der Waals surface area contributed by atoms with Gasteiger partial charge in [0.1, 0.15) is 0 Å². The predicted octanol–water partition coefficient (Wildman–Crippen LogP) is 3.04. The number of rotatable bonds is 3. The number of esters is 1. The van der Waals surface area contributed by atoms with Crippen molar-refractivity contribution < 1.29 is 9.53 Å². The first-order chi connectivity index (χ1) is 8.70. The molecular formula is C15H19NO2. The minimum atomic E-state index is -0.186. The van der Waals surface area contributed by atoms with Gasteiger partial charge in [0.2, 0.25) is 0 Å². The molecule has 1 heterocycles. The molecule has 0 saturated heterocycles. The van der Waals surface area contributed by atoms with Crippen LogP contribution in [-0.4, -0.2) is 19.1 Å². The van der Waals surface area contributed by atoms with Crippen LogP contribution in [0, 0.1) is 6.92 Å². The van der Waals surface area contributed by atoms with Crippen molar-refractivity contribution in [2.45, 2.75) is 26.7 Å². The highest BCUT2D eigenvalue weighted by Gasteiger charge is 2.17. The first-order valence-corrected chi connectivity index (χ1v) is 6.42. The molecule has 0 unspecified atom stereocenters. The third-order valence-corrected chi connectivity index (χ3v) is 3.06. The number of hydrogen-bond donors (Lipinski definition) is 0. The second kappa shape index (κ2) is 5.71. The molecule has 1 aliphatic heterocycles. The molecule has 0 N–H and O–H groups in total. The average Bonchev–Trinajstić information content (AvgIpc) is 2.40. The fourth-order valence-electron chi connectivity index (χ4n) is 2.08. The van der Waals surface area contributed by atoms with Crippen molar-refractivity contribution in [2.75, 3.05) is 18.1 Å². The molecule has 0 aliphatic carbocycles. The summed E-state index contributed by atoms with van der Waals surface area (Å²) in [6, 6.07) is 8.34. The summed E-state index contributed by atoms with van der Waals surface area (Å²) in [4.78, 5) is 13.8. The van der Waals surface area contributed by atoms with Crippen LogP contribution in [0.15, 0.2) is 36.0 Å². The molecule has 18 heavy (non-hydrogen) atoms. The van der Waals surface area contributed by atoms with E-state index in [4.69, 9.17) is 4.74 Å². The Labute approximate surface area is 108 Å². The van der Waals surface area contributed by atoms with Crippen LogP contribution >= 0.6 is 0 Å². The molecule has 0 atom stereocenters. The molecule has 0 aromatic heterocycles. The van der Waals surface area contributed by atoms with Gasteiger partial charge in [0.15, 0.2) is 0 Å². The predicted molar refractivity (Wildman–Crippen MR) is 72.5 cm³/mol. The molecule has 1 aromatic carbocycles. The highest BCUT2D eigenvalue weighted by atomic mass is 16.5. The number of benzene rings is 1. The lowest BCUT2D eigenvalue weighted by Crippen LogP contribution is -2.25. The topological polar surface area (TPSA) is 29.5 Å². The molecule has 3 nitrogen and oxygen atoms in total. The largest absolute Gasteiger partial charge is 0.463 e. The number of carbonyl (C=O) groups is 1. The maximum absolute atomic E-state index is 11.7. The van der Waals surface area contributed by atoms with Gasteiger partial charge in [-0.25, -0.2) is 4.79 Å². The summed E-state index contributed by atoms with van der Waals surface area (Å²) < 4.78 is 5.05. The van der Waals surface area contributed by atoms with Gasteiger partial charge in [-0.3, -0.25) is 0 Å². The van der Waals surface area contributed by atoms with E-state index in [2.05, 4.69) is 36.1 Å². The first kappa shape index (κ1) is 12.7. The number of nitrogens with zero attached hydrogens (tertiary/aromatic N) is 1. The van der Waals surface area contributed by atoms with Crippen LogP contribution in [0.3, 0.4) is 0 Å². The Bertz CT molecular complexity index is 448. The Kier molecular flexibility index (Phi) is 4.03. The Balaban J connectivity index is 2.16. The van der Waals surface area contributed by atoms with Crippen LogP contribution in [0.4, 0.5) is 5.69 Å². The normalized spacial score (nSPS) is 15.2. The summed E-state index contributed by atoms with van der Waals surface area (Å²) in [5.41, 5.74) is 3.14. The van der Waals surface area contributed by atoms with Gasteiger partial charge in [-0.2, -0.15) is 0 Å². The highest BCUT2D eigenvalue weighted by Crippen LogP contribution is 2.23. The zero-order valence-corrected chi connectivity index (χ0v) is 11.0. The van der Waals surface area contributed by atoms with Crippen molar-refractivity contribution in [1.29, 1.82) is 0 Å². The number of carbonyl (C=O) groups excluding carboxylic acids is 1. The van der Waals surface area contributed by atoms with Crippen molar-refractivity contribution >= 4 is 11.7 Å². The number of ether oxygens (including phenoxy) is 1. The molecule has 0 saturated carbocycles. The van der Waals surface area contributed by atoms with E-state index in [1.54, 1.807) is 0 Å². The third-order valence-electron chi connectivity index (χ3n) is 3.06. The number of hydrogen-bond acceptors (Lipinski definition) is 3. The average molecular weight is 245 g/mol. The summed E-state index contributed by atoms with van der Waals surface area (Å²) in [6.45, 7) is 5.28. The van der Waals surface area contributed by atoms with Gasteiger partial charge in [-0.1, -0.05) is 17.7 Å². The van der Waals surface area contributed by atoms with Crippen molar-refractivity contribution in [3.8, 4) is 0 Å². The highest BCUT2D eigenvalue weighted by molar-refractivity contribution is 5.89. The van der Waals surface area contributed by atoms with Crippen molar-refractivity contribution in [1.82, 2.24) is 0 Å². The maximum atomic E-state index is 11.7. The van der Waals surface area contributed by atoms with Crippen molar-refractivity contribution in [2.24, 2.45) is 0 Å². The van der Waals surface area contributed by atoms with Crippen LogP contribution in [0.2, 0.25) is 0 Å². The van der Waals surface area contributed by atoms with E-state index in [0.29, 0.717) is 6.61 Å². The van der Waals surface area contributed by atoms with E-state index in [0.717, 1.165) is 30.6 Å². The molecular weight excluding hydrogens is 226 g/mol. The zero-order valence-electron chi connectivity index (χ0n) is 11.0. The molecule has 2 rings (SSSR count). The Morgan fingerprint density at radius 3 is 2.72 bits per heavy atom. The minimum absolute atomic E-state index is 0.186. The van der Waals surface area contributed by atoms with E-state index in [1.807, 2.05) is 13.1 Å². The molecule has 3 heteroatoms. The van der Waals surface area contributed by atoms with Crippen LogP contribution in [-0.2, 0) is 9.53 Å². The lowest BCUT2D eigenvalue weighted by atomic mass is 10.1. The van der Waals surface area contributed by atoms with Gasteiger partial charge in [0.05, 0.1) is 12.2 Å². The molecule has 1 aliphatic rings. The summed E-state index contributed by atoms with van der Waals surface area (Å²) in [5, 5.41) is 0. The Morgan fingerprint density at radius 1 is 1.33 bits per heavy atom. The minimum Gasteiger partial charge on any atom is -0.463 e. The first-order valence-electron chi connectivity index (χ1n) is 6.42. The second-order valence-corrected chi connectivity index (χ2v) is 4.51. The quantitative estimate of drug-likeness (QED) is 0.767. The van der Waals surface area contributed by atoms with Crippen molar-refractivity contribution in [3.63, 3.8) is 0 Å². The Morgan fingerprint density at radius 2 is 2.06 bits per heavy atom. The molecule has 1 aromatic rings. The van der Waals surface area contributed by atoms with E-state index < -0.39 is 0 Å². The van der Waals surface area contributed by atoms with Gasteiger partial charge in [0.25, 0.3) is 0 Å². The van der Waals surface area contributed by atoms with Gasteiger partial charge < -0.3 is 9.64 Å². The summed E-state index contributed by atoms with van der Waals surface area (Å²) in [5.74, 6) is -0.186. The third kappa shape index (κ3) is 2.92. The number of anilines is 1.